The van der Waals surface area contributed by atoms with E-state index in [2.05, 4.69) is 15.6 Å². The van der Waals surface area contributed by atoms with E-state index in [-0.39, 0.29) is 23.2 Å². The Bertz CT molecular complexity index is 968. The van der Waals surface area contributed by atoms with Gasteiger partial charge in [0.05, 0.1) is 0 Å². The summed E-state index contributed by atoms with van der Waals surface area (Å²) in [6.07, 6.45) is 0.810. The molecule has 3 aromatic rings. The highest BCUT2D eigenvalue weighted by molar-refractivity contribution is 6.06. The SMILES string of the molecule is CCc1cccc(C)c1NC(=O)c1cccc(C(=O)Nc2ccccc2)n1. The Morgan fingerprint density at radius 3 is 2.11 bits per heavy atom. The number of carbonyl (C=O) groups excluding carboxylic acids is 2. The van der Waals surface area contributed by atoms with Gasteiger partial charge in [-0.15, -0.1) is 0 Å². The Morgan fingerprint density at radius 1 is 0.815 bits per heavy atom. The van der Waals surface area contributed by atoms with Crippen LogP contribution in [-0.4, -0.2) is 16.8 Å². The molecule has 0 spiro atoms. The van der Waals surface area contributed by atoms with Crippen LogP contribution in [0, 0.1) is 6.92 Å². The number of benzene rings is 2. The number of aromatic nitrogens is 1. The number of nitrogens with one attached hydrogen (secondary N) is 2. The van der Waals surface area contributed by atoms with Crippen molar-refractivity contribution in [2.24, 2.45) is 0 Å². The topological polar surface area (TPSA) is 71.1 Å². The zero-order valence-electron chi connectivity index (χ0n) is 15.3. The van der Waals surface area contributed by atoms with Crippen LogP contribution in [0.5, 0.6) is 0 Å². The molecule has 5 nitrogen and oxygen atoms in total. The van der Waals surface area contributed by atoms with Gasteiger partial charge in [-0.1, -0.05) is 49.4 Å². The molecule has 0 saturated carbocycles. The summed E-state index contributed by atoms with van der Waals surface area (Å²) in [5.74, 6) is -0.700. The Kier molecular flexibility index (Phi) is 5.61. The second kappa shape index (κ2) is 8.27. The number of para-hydroxylation sites is 2. The van der Waals surface area contributed by atoms with Gasteiger partial charge in [0.1, 0.15) is 11.4 Å². The maximum Gasteiger partial charge on any atom is 0.274 e. The number of aryl methyl sites for hydroxylation is 2. The van der Waals surface area contributed by atoms with E-state index in [9.17, 15) is 9.59 Å². The maximum absolute atomic E-state index is 12.7. The number of carbonyl (C=O) groups is 2. The molecule has 0 aliphatic rings. The van der Waals surface area contributed by atoms with Crippen LogP contribution in [0.25, 0.3) is 0 Å². The van der Waals surface area contributed by atoms with Crippen LogP contribution in [0.2, 0.25) is 0 Å². The van der Waals surface area contributed by atoms with Gasteiger partial charge in [-0.25, -0.2) is 4.98 Å². The quantitative estimate of drug-likeness (QED) is 0.707. The fraction of sp³-hybridized carbons (Fsp3) is 0.136. The minimum absolute atomic E-state index is 0.187. The van der Waals surface area contributed by atoms with Gasteiger partial charge in [0.2, 0.25) is 0 Å². The first-order chi connectivity index (χ1) is 13.1. The monoisotopic (exact) mass is 359 g/mol. The third-order valence-corrected chi connectivity index (χ3v) is 4.22. The van der Waals surface area contributed by atoms with Crippen LogP contribution in [0.3, 0.4) is 0 Å². The van der Waals surface area contributed by atoms with Crippen molar-refractivity contribution in [3.8, 4) is 0 Å². The lowest BCUT2D eigenvalue weighted by molar-refractivity contribution is 0.101. The van der Waals surface area contributed by atoms with Crippen molar-refractivity contribution in [2.45, 2.75) is 20.3 Å². The molecule has 27 heavy (non-hydrogen) atoms. The molecular formula is C22H21N3O2. The second-order valence-corrected chi connectivity index (χ2v) is 6.14. The molecular weight excluding hydrogens is 338 g/mol. The summed E-state index contributed by atoms with van der Waals surface area (Å²) in [7, 11) is 0. The van der Waals surface area contributed by atoms with E-state index in [4.69, 9.17) is 0 Å². The van der Waals surface area contributed by atoms with Crippen molar-refractivity contribution < 1.29 is 9.59 Å². The van der Waals surface area contributed by atoms with Crippen LogP contribution in [0.15, 0.2) is 66.7 Å². The number of hydrogen-bond donors (Lipinski definition) is 2. The summed E-state index contributed by atoms with van der Waals surface area (Å²) < 4.78 is 0. The molecule has 0 aliphatic carbocycles. The highest BCUT2D eigenvalue weighted by atomic mass is 16.2. The Balaban J connectivity index is 1.79. The first-order valence-corrected chi connectivity index (χ1v) is 8.81. The fourth-order valence-corrected chi connectivity index (χ4v) is 2.78. The van der Waals surface area contributed by atoms with Gasteiger partial charge in [-0.2, -0.15) is 0 Å². The standard InChI is InChI=1S/C22H21N3O2/c1-3-16-10-7-9-15(2)20(16)25-22(27)19-14-8-13-18(24-19)21(26)23-17-11-5-4-6-12-17/h4-14H,3H2,1-2H3,(H,23,26)(H,25,27). The predicted octanol–water partition coefficient (Wildman–Crippen LogP) is 4.46. The fourth-order valence-electron chi connectivity index (χ4n) is 2.78. The predicted molar refractivity (Wildman–Crippen MR) is 107 cm³/mol. The van der Waals surface area contributed by atoms with E-state index in [0.29, 0.717) is 5.69 Å². The lowest BCUT2D eigenvalue weighted by atomic mass is 10.1. The van der Waals surface area contributed by atoms with Crippen LogP contribution < -0.4 is 10.6 Å². The molecule has 0 bridgehead atoms. The molecule has 1 heterocycles. The average molecular weight is 359 g/mol. The molecule has 1 aromatic heterocycles. The normalized spacial score (nSPS) is 10.3. The Labute approximate surface area is 158 Å². The summed E-state index contributed by atoms with van der Waals surface area (Å²) in [5.41, 5.74) is 3.90. The molecule has 0 unspecified atom stereocenters. The largest absolute Gasteiger partial charge is 0.321 e. The summed E-state index contributed by atoms with van der Waals surface area (Å²) in [6, 6.07) is 19.9. The van der Waals surface area contributed by atoms with Gasteiger partial charge in [-0.3, -0.25) is 9.59 Å². The smallest absolute Gasteiger partial charge is 0.274 e. The minimum atomic E-state index is -0.360. The van der Waals surface area contributed by atoms with Crippen molar-refractivity contribution in [3.63, 3.8) is 0 Å². The first kappa shape index (κ1) is 18.3. The van der Waals surface area contributed by atoms with E-state index in [1.54, 1.807) is 30.3 Å². The van der Waals surface area contributed by atoms with Gasteiger partial charge in [0.15, 0.2) is 0 Å². The molecule has 0 radical (unpaired) electrons. The molecule has 5 heteroatoms. The third-order valence-electron chi connectivity index (χ3n) is 4.22. The van der Waals surface area contributed by atoms with Gasteiger partial charge in [-0.05, 0) is 48.7 Å². The average Bonchev–Trinajstić information content (AvgIpc) is 2.70. The molecule has 0 aliphatic heterocycles. The molecule has 2 amide bonds. The number of hydrogen-bond acceptors (Lipinski definition) is 3. The third kappa shape index (κ3) is 4.39. The highest BCUT2D eigenvalue weighted by Gasteiger charge is 2.15. The van der Waals surface area contributed by atoms with Gasteiger partial charge < -0.3 is 10.6 Å². The summed E-state index contributed by atoms with van der Waals surface area (Å²) >= 11 is 0. The Morgan fingerprint density at radius 2 is 1.44 bits per heavy atom. The van der Waals surface area contributed by atoms with Crippen molar-refractivity contribution >= 4 is 23.2 Å². The van der Waals surface area contributed by atoms with Crippen LogP contribution >= 0.6 is 0 Å². The van der Waals surface area contributed by atoms with E-state index in [1.807, 2.05) is 50.2 Å². The maximum atomic E-state index is 12.7. The summed E-state index contributed by atoms with van der Waals surface area (Å²) in [5, 5.41) is 5.70. The lowest BCUT2D eigenvalue weighted by Crippen LogP contribution is -2.19. The number of anilines is 2. The zero-order chi connectivity index (χ0) is 19.2. The summed E-state index contributed by atoms with van der Waals surface area (Å²) in [4.78, 5) is 29.3. The van der Waals surface area contributed by atoms with E-state index < -0.39 is 0 Å². The molecule has 3 rings (SSSR count). The van der Waals surface area contributed by atoms with E-state index in [0.717, 1.165) is 23.2 Å². The number of amides is 2. The number of nitrogens with zero attached hydrogens (tertiary/aromatic N) is 1. The van der Waals surface area contributed by atoms with Gasteiger partial charge in [0, 0.05) is 11.4 Å². The summed E-state index contributed by atoms with van der Waals surface area (Å²) in [6.45, 7) is 3.99. The van der Waals surface area contributed by atoms with E-state index in [1.165, 1.54) is 0 Å². The molecule has 2 aromatic carbocycles. The molecule has 2 N–H and O–H groups in total. The van der Waals surface area contributed by atoms with Crippen molar-refractivity contribution in [2.75, 3.05) is 10.6 Å². The molecule has 136 valence electrons. The zero-order valence-corrected chi connectivity index (χ0v) is 15.3. The Hall–Kier alpha value is -3.47. The first-order valence-electron chi connectivity index (χ1n) is 8.81. The lowest BCUT2D eigenvalue weighted by Gasteiger charge is -2.13. The molecule has 0 atom stereocenters. The molecule has 0 fully saturated rings. The van der Waals surface area contributed by atoms with Crippen LogP contribution in [-0.2, 0) is 6.42 Å². The van der Waals surface area contributed by atoms with Crippen LogP contribution in [0.1, 0.15) is 39.0 Å². The van der Waals surface area contributed by atoms with Gasteiger partial charge >= 0.3 is 0 Å². The van der Waals surface area contributed by atoms with Crippen LogP contribution in [0.4, 0.5) is 11.4 Å². The highest BCUT2D eigenvalue weighted by Crippen LogP contribution is 2.21. The number of pyridine rings is 1. The van der Waals surface area contributed by atoms with Crippen molar-refractivity contribution in [1.82, 2.24) is 4.98 Å². The molecule has 0 saturated heterocycles. The minimum Gasteiger partial charge on any atom is -0.321 e. The second-order valence-electron chi connectivity index (χ2n) is 6.14. The van der Waals surface area contributed by atoms with Crippen molar-refractivity contribution in [1.29, 1.82) is 0 Å². The van der Waals surface area contributed by atoms with E-state index >= 15 is 0 Å². The van der Waals surface area contributed by atoms with Gasteiger partial charge in [0.25, 0.3) is 11.8 Å². The van der Waals surface area contributed by atoms with Crippen molar-refractivity contribution in [3.05, 3.63) is 89.2 Å². The number of rotatable bonds is 5.